The minimum absolute atomic E-state index is 0.0431. The van der Waals surface area contributed by atoms with Crippen molar-refractivity contribution in [1.82, 2.24) is 5.32 Å². The van der Waals surface area contributed by atoms with Crippen molar-refractivity contribution in [1.29, 1.82) is 0 Å². The van der Waals surface area contributed by atoms with Crippen molar-refractivity contribution in [3.05, 3.63) is 29.8 Å². The molecule has 1 rings (SSSR count). The van der Waals surface area contributed by atoms with E-state index in [0.717, 1.165) is 5.56 Å². The fourth-order valence-electron chi connectivity index (χ4n) is 2.00. The highest BCUT2D eigenvalue weighted by Gasteiger charge is 2.23. The molecule has 0 aliphatic heterocycles. The fraction of sp³-hybridized carbons (Fsp3) is 0.600. The third-order valence-electron chi connectivity index (χ3n) is 3.16. The molecule has 1 unspecified atom stereocenters. The van der Waals surface area contributed by atoms with Crippen LogP contribution in [0.1, 0.15) is 32.8 Å². The number of hydrogen-bond donors (Lipinski definition) is 2. The first-order valence-corrected chi connectivity index (χ1v) is 6.71. The molecule has 0 saturated carbocycles. The highest BCUT2D eigenvalue weighted by atomic mass is 19.3. The zero-order valence-electron chi connectivity index (χ0n) is 12.2. The van der Waals surface area contributed by atoms with E-state index in [1.807, 2.05) is 0 Å². The second-order valence-corrected chi connectivity index (χ2v) is 5.83. The van der Waals surface area contributed by atoms with E-state index in [0.29, 0.717) is 13.0 Å². The molecule has 0 radical (unpaired) electrons. The summed E-state index contributed by atoms with van der Waals surface area (Å²) in [6.45, 7) is 4.29. The zero-order chi connectivity index (χ0) is 15.2. The number of aliphatic hydroxyl groups is 1. The predicted octanol–water partition coefficient (Wildman–Crippen LogP) is 3.17. The van der Waals surface area contributed by atoms with E-state index in [4.69, 9.17) is 5.11 Å². The first kappa shape index (κ1) is 16.9. The number of alkyl halides is 2. The lowest BCUT2D eigenvalue weighted by Gasteiger charge is -2.31. The molecule has 20 heavy (non-hydrogen) atoms. The third kappa shape index (κ3) is 5.84. The molecule has 3 nitrogen and oxygen atoms in total. The highest BCUT2D eigenvalue weighted by Crippen LogP contribution is 2.22. The maximum absolute atomic E-state index is 12.0. The maximum atomic E-state index is 12.0. The Labute approximate surface area is 119 Å². The molecule has 1 atom stereocenters. The summed E-state index contributed by atoms with van der Waals surface area (Å²) < 4.78 is 28.4. The standard InChI is InChI=1S/C15H23F2NO2/c1-15(2,3)13(8-9-19)18-10-11-4-6-12(7-5-11)20-14(16)17/h4-7,13-14,18-19H,8-10H2,1-3H3. The Morgan fingerprint density at radius 2 is 1.80 bits per heavy atom. The van der Waals surface area contributed by atoms with Gasteiger partial charge in [0.1, 0.15) is 5.75 Å². The zero-order valence-corrected chi connectivity index (χ0v) is 12.2. The molecule has 2 N–H and O–H groups in total. The molecule has 0 fully saturated rings. The molecule has 0 saturated heterocycles. The van der Waals surface area contributed by atoms with Gasteiger partial charge in [0.15, 0.2) is 0 Å². The van der Waals surface area contributed by atoms with E-state index in [-0.39, 0.29) is 23.8 Å². The van der Waals surface area contributed by atoms with Gasteiger partial charge < -0.3 is 15.2 Å². The van der Waals surface area contributed by atoms with Crippen molar-refractivity contribution in [2.75, 3.05) is 6.61 Å². The van der Waals surface area contributed by atoms with Gasteiger partial charge in [-0.3, -0.25) is 0 Å². The average Bonchev–Trinajstić information content (AvgIpc) is 2.34. The summed E-state index contributed by atoms with van der Waals surface area (Å²) in [6.07, 6.45) is 0.677. The SMILES string of the molecule is CC(C)(C)C(CCO)NCc1ccc(OC(F)F)cc1. The summed E-state index contributed by atoms with van der Waals surface area (Å²) in [4.78, 5) is 0. The van der Waals surface area contributed by atoms with Gasteiger partial charge in [0.05, 0.1) is 0 Å². The van der Waals surface area contributed by atoms with E-state index in [1.54, 1.807) is 12.1 Å². The van der Waals surface area contributed by atoms with Gasteiger partial charge in [-0.2, -0.15) is 8.78 Å². The van der Waals surface area contributed by atoms with Gasteiger partial charge >= 0.3 is 6.61 Å². The van der Waals surface area contributed by atoms with Crippen LogP contribution in [0.25, 0.3) is 0 Å². The van der Waals surface area contributed by atoms with Crippen LogP contribution in [0.15, 0.2) is 24.3 Å². The minimum Gasteiger partial charge on any atom is -0.435 e. The van der Waals surface area contributed by atoms with Gasteiger partial charge in [-0.25, -0.2) is 0 Å². The molecule has 1 aromatic rings. The normalized spacial score (nSPS) is 13.6. The second kappa shape index (κ2) is 7.55. The van der Waals surface area contributed by atoms with E-state index < -0.39 is 6.61 Å². The van der Waals surface area contributed by atoms with E-state index >= 15 is 0 Å². The van der Waals surface area contributed by atoms with E-state index in [1.165, 1.54) is 12.1 Å². The summed E-state index contributed by atoms with van der Waals surface area (Å²) in [6, 6.07) is 6.75. The summed E-state index contributed by atoms with van der Waals surface area (Å²) in [5, 5.41) is 12.5. The van der Waals surface area contributed by atoms with Crippen LogP contribution in [0.5, 0.6) is 5.75 Å². The first-order valence-electron chi connectivity index (χ1n) is 6.71. The molecule has 5 heteroatoms. The molecule has 0 aromatic heterocycles. The lowest BCUT2D eigenvalue weighted by Crippen LogP contribution is -2.40. The summed E-state index contributed by atoms with van der Waals surface area (Å²) in [5.74, 6) is 0.159. The molecule has 0 aliphatic rings. The Morgan fingerprint density at radius 1 is 1.20 bits per heavy atom. The molecule has 0 heterocycles. The number of benzene rings is 1. The van der Waals surface area contributed by atoms with Crippen LogP contribution in [-0.2, 0) is 6.54 Å². The molecular formula is C15H23F2NO2. The number of nitrogens with one attached hydrogen (secondary N) is 1. The highest BCUT2D eigenvalue weighted by molar-refractivity contribution is 5.27. The van der Waals surface area contributed by atoms with Crippen LogP contribution in [0.2, 0.25) is 0 Å². The van der Waals surface area contributed by atoms with Gasteiger partial charge in [-0.05, 0) is 29.5 Å². The van der Waals surface area contributed by atoms with E-state index in [9.17, 15) is 8.78 Å². The van der Waals surface area contributed by atoms with Crippen LogP contribution in [0, 0.1) is 5.41 Å². The molecule has 114 valence electrons. The van der Waals surface area contributed by atoms with Gasteiger partial charge in [0.2, 0.25) is 0 Å². The van der Waals surface area contributed by atoms with Crippen LogP contribution in [0.4, 0.5) is 8.78 Å². The fourth-order valence-corrected chi connectivity index (χ4v) is 2.00. The third-order valence-corrected chi connectivity index (χ3v) is 3.16. The molecule has 0 amide bonds. The number of hydrogen-bond acceptors (Lipinski definition) is 3. The monoisotopic (exact) mass is 287 g/mol. The van der Waals surface area contributed by atoms with Crippen molar-refractivity contribution in [3.8, 4) is 5.75 Å². The van der Waals surface area contributed by atoms with Crippen LogP contribution in [-0.4, -0.2) is 24.4 Å². The van der Waals surface area contributed by atoms with Crippen molar-refractivity contribution >= 4 is 0 Å². The van der Waals surface area contributed by atoms with Crippen LogP contribution in [0.3, 0.4) is 0 Å². The average molecular weight is 287 g/mol. The maximum Gasteiger partial charge on any atom is 0.387 e. The molecule has 1 aromatic carbocycles. The number of halogens is 2. The van der Waals surface area contributed by atoms with Gasteiger partial charge in [0, 0.05) is 19.2 Å². The van der Waals surface area contributed by atoms with Crippen molar-refractivity contribution in [2.24, 2.45) is 5.41 Å². The number of ether oxygens (including phenoxy) is 1. The lowest BCUT2D eigenvalue weighted by molar-refractivity contribution is -0.0498. The van der Waals surface area contributed by atoms with Crippen molar-refractivity contribution < 1.29 is 18.6 Å². The Kier molecular flexibility index (Phi) is 6.36. The predicted molar refractivity (Wildman–Crippen MR) is 74.9 cm³/mol. The Morgan fingerprint density at radius 3 is 2.25 bits per heavy atom. The van der Waals surface area contributed by atoms with Crippen LogP contribution >= 0.6 is 0 Å². The van der Waals surface area contributed by atoms with E-state index in [2.05, 4.69) is 30.8 Å². The first-order chi connectivity index (χ1) is 9.32. The van der Waals surface area contributed by atoms with Crippen molar-refractivity contribution in [3.63, 3.8) is 0 Å². The van der Waals surface area contributed by atoms with Gasteiger partial charge in [-0.1, -0.05) is 32.9 Å². The molecule has 0 spiro atoms. The molecule has 0 aliphatic carbocycles. The molecular weight excluding hydrogens is 264 g/mol. The van der Waals surface area contributed by atoms with Gasteiger partial charge in [0.25, 0.3) is 0 Å². The summed E-state index contributed by atoms with van der Waals surface area (Å²) >= 11 is 0. The largest absolute Gasteiger partial charge is 0.435 e. The topological polar surface area (TPSA) is 41.5 Å². The van der Waals surface area contributed by atoms with Gasteiger partial charge in [-0.15, -0.1) is 0 Å². The Balaban J connectivity index is 2.55. The quantitative estimate of drug-likeness (QED) is 0.809. The van der Waals surface area contributed by atoms with Crippen LogP contribution < -0.4 is 10.1 Å². The smallest absolute Gasteiger partial charge is 0.387 e. The summed E-state index contributed by atoms with van der Waals surface area (Å²) in [7, 11) is 0. The lowest BCUT2D eigenvalue weighted by atomic mass is 9.85. The molecule has 0 bridgehead atoms. The number of rotatable bonds is 7. The Bertz CT molecular complexity index is 388. The number of aliphatic hydroxyl groups excluding tert-OH is 1. The Hall–Kier alpha value is -1.20. The van der Waals surface area contributed by atoms with Crippen molar-refractivity contribution in [2.45, 2.75) is 46.4 Å². The second-order valence-electron chi connectivity index (χ2n) is 5.83. The summed E-state index contributed by atoms with van der Waals surface area (Å²) in [5.41, 5.74) is 1.03. The minimum atomic E-state index is -2.80.